The van der Waals surface area contributed by atoms with E-state index in [0.29, 0.717) is 37.2 Å². The summed E-state index contributed by atoms with van der Waals surface area (Å²) >= 11 is 0. The highest BCUT2D eigenvalue weighted by Gasteiger charge is 2.52. The summed E-state index contributed by atoms with van der Waals surface area (Å²) in [5.74, 6) is 0.433. The molecule has 0 aliphatic carbocycles. The Labute approximate surface area is 175 Å². The van der Waals surface area contributed by atoms with Crippen molar-refractivity contribution in [2.24, 2.45) is 0 Å². The third-order valence-corrected chi connectivity index (χ3v) is 5.85. The van der Waals surface area contributed by atoms with E-state index in [0.717, 1.165) is 5.56 Å². The van der Waals surface area contributed by atoms with Crippen LogP contribution in [0.15, 0.2) is 54.6 Å². The number of urea groups is 1. The average molecular weight is 407 g/mol. The van der Waals surface area contributed by atoms with Crippen molar-refractivity contribution in [1.29, 1.82) is 0 Å². The third kappa shape index (κ3) is 3.75. The normalized spacial score (nSPS) is 17.9. The molecule has 0 bridgehead atoms. The van der Waals surface area contributed by atoms with Crippen LogP contribution in [-0.2, 0) is 4.79 Å². The van der Waals surface area contributed by atoms with Crippen LogP contribution >= 0.6 is 0 Å². The molecule has 4 rings (SSSR count). The molecule has 0 aromatic heterocycles. The summed E-state index contributed by atoms with van der Waals surface area (Å²) in [4.78, 5) is 41.3. The Morgan fingerprint density at radius 3 is 2.40 bits per heavy atom. The number of nitrogens with one attached hydrogen (secondary N) is 1. The average Bonchev–Trinajstić information content (AvgIpc) is 2.99. The molecule has 2 aliphatic rings. The van der Waals surface area contributed by atoms with Gasteiger partial charge < -0.3 is 15.0 Å². The van der Waals surface area contributed by atoms with Crippen molar-refractivity contribution in [2.45, 2.75) is 25.3 Å². The van der Waals surface area contributed by atoms with Crippen LogP contribution in [0, 0.1) is 6.92 Å². The zero-order valence-electron chi connectivity index (χ0n) is 17.0. The van der Waals surface area contributed by atoms with E-state index in [1.54, 1.807) is 4.90 Å². The molecule has 1 N–H and O–H groups in total. The predicted molar refractivity (Wildman–Crippen MR) is 111 cm³/mol. The number of para-hydroxylation sites is 1. The second kappa shape index (κ2) is 8.18. The number of amides is 4. The Kier molecular flexibility index (Phi) is 5.44. The van der Waals surface area contributed by atoms with Gasteiger partial charge in [-0.25, -0.2) is 4.79 Å². The highest BCUT2D eigenvalue weighted by atomic mass is 16.5. The standard InChI is InChI=1S/C23H25N3O4/c1-17-7-5-6-10-19(17)20(27)25-13-11-23(12-14-25)21(28)26(22(29)24-23)15-16-30-18-8-3-2-4-9-18/h2-10H,11-16H2,1H3,(H,24,29). The third-order valence-electron chi connectivity index (χ3n) is 5.85. The lowest BCUT2D eigenvalue weighted by molar-refractivity contribution is -0.133. The van der Waals surface area contributed by atoms with Gasteiger partial charge >= 0.3 is 6.03 Å². The van der Waals surface area contributed by atoms with Crippen LogP contribution in [0.25, 0.3) is 0 Å². The van der Waals surface area contributed by atoms with Gasteiger partial charge in [0.05, 0.1) is 6.54 Å². The van der Waals surface area contributed by atoms with Crippen LogP contribution in [0.2, 0.25) is 0 Å². The Hall–Kier alpha value is -3.35. The van der Waals surface area contributed by atoms with E-state index in [2.05, 4.69) is 5.32 Å². The van der Waals surface area contributed by atoms with E-state index in [9.17, 15) is 14.4 Å². The van der Waals surface area contributed by atoms with E-state index in [1.807, 2.05) is 61.5 Å². The number of likely N-dealkylation sites (tertiary alicyclic amines) is 1. The maximum Gasteiger partial charge on any atom is 0.325 e. The van der Waals surface area contributed by atoms with E-state index < -0.39 is 11.6 Å². The van der Waals surface area contributed by atoms with Crippen LogP contribution in [-0.4, -0.2) is 59.4 Å². The van der Waals surface area contributed by atoms with Crippen molar-refractivity contribution in [1.82, 2.24) is 15.1 Å². The van der Waals surface area contributed by atoms with Gasteiger partial charge in [0, 0.05) is 18.7 Å². The molecule has 4 amide bonds. The van der Waals surface area contributed by atoms with Gasteiger partial charge in [-0.05, 0) is 43.5 Å². The second-order valence-corrected chi connectivity index (χ2v) is 7.74. The Morgan fingerprint density at radius 1 is 1.03 bits per heavy atom. The first-order chi connectivity index (χ1) is 14.5. The Morgan fingerprint density at radius 2 is 1.70 bits per heavy atom. The van der Waals surface area contributed by atoms with Crippen LogP contribution < -0.4 is 10.1 Å². The largest absolute Gasteiger partial charge is 0.492 e. The summed E-state index contributed by atoms with van der Waals surface area (Å²) in [5.41, 5.74) is 0.680. The van der Waals surface area contributed by atoms with Crippen molar-refractivity contribution in [3.8, 4) is 5.75 Å². The molecule has 2 aromatic rings. The number of hydrogen-bond acceptors (Lipinski definition) is 4. The van der Waals surface area contributed by atoms with Gasteiger partial charge in [0.1, 0.15) is 17.9 Å². The number of hydrogen-bond donors (Lipinski definition) is 1. The van der Waals surface area contributed by atoms with Crippen molar-refractivity contribution >= 4 is 17.8 Å². The number of aryl methyl sites for hydroxylation is 1. The molecule has 0 saturated carbocycles. The lowest BCUT2D eigenvalue weighted by atomic mass is 9.87. The first-order valence-corrected chi connectivity index (χ1v) is 10.2. The molecule has 2 fully saturated rings. The molecule has 0 atom stereocenters. The Balaban J connectivity index is 1.35. The molecule has 0 unspecified atom stereocenters. The van der Waals surface area contributed by atoms with Gasteiger partial charge in [0.25, 0.3) is 11.8 Å². The summed E-state index contributed by atoms with van der Waals surface area (Å²) in [6.07, 6.45) is 0.816. The highest BCUT2D eigenvalue weighted by Crippen LogP contribution is 2.30. The first kappa shape index (κ1) is 19.9. The fourth-order valence-electron chi connectivity index (χ4n) is 4.06. The van der Waals surface area contributed by atoms with E-state index in [1.165, 1.54) is 4.90 Å². The van der Waals surface area contributed by atoms with Crippen LogP contribution in [0.4, 0.5) is 4.79 Å². The molecule has 30 heavy (non-hydrogen) atoms. The number of nitrogens with zero attached hydrogens (tertiary/aromatic N) is 2. The van der Waals surface area contributed by atoms with Crippen LogP contribution in [0.1, 0.15) is 28.8 Å². The quantitative estimate of drug-likeness (QED) is 0.773. The van der Waals surface area contributed by atoms with Gasteiger partial charge in [-0.1, -0.05) is 36.4 Å². The lowest BCUT2D eigenvalue weighted by Crippen LogP contribution is -2.56. The highest BCUT2D eigenvalue weighted by molar-refractivity contribution is 6.07. The minimum atomic E-state index is -0.924. The number of ether oxygens (including phenoxy) is 1. The van der Waals surface area contributed by atoms with Crippen molar-refractivity contribution < 1.29 is 19.1 Å². The minimum Gasteiger partial charge on any atom is -0.492 e. The van der Waals surface area contributed by atoms with E-state index >= 15 is 0 Å². The molecule has 2 aromatic carbocycles. The number of piperidine rings is 1. The molecule has 7 heteroatoms. The topological polar surface area (TPSA) is 79.0 Å². The van der Waals surface area contributed by atoms with Gasteiger partial charge in [-0.2, -0.15) is 0 Å². The number of imide groups is 1. The van der Waals surface area contributed by atoms with Crippen molar-refractivity contribution in [3.63, 3.8) is 0 Å². The fourth-order valence-corrected chi connectivity index (χ4v) is 4.06. The SMILES string of the molecule is Cc1ccccc1C(=O)N1CCC2(CC1)NC(=O)N(CCOc1ccccc1)C2=O. The first-order valence-electron chi connectivity index (χ1n) is 10.2. The molecule has 156 valence electrons. The minimum absolute atomic E-state index is 0.0344. The molecule has 2 saturated heterocycles. The zero-order chi connectivity index (χ0) is 21.1. The summed E-state index contributed by atoms with van der Waals surface area (Å²) in [7, 11) is 0. The monoisotopic (exact) mass is 407 g/mol. The van der Waals surface area contributed by atoms with Crippen LogP contribution in [0.3, 0.4) is 0 Å². The summed E-state index contributed by atoms with van der Waals surface area (Å²) in [5, 5.41) is 2.87. The zero-order valence-corrected chi connectivity index (χ0v) is 17.0. The molecule has 0 radical (unpaired) electrons. The molecule has 1 spiro atoms. The van der Waals surface area contributed by atoms with Gasteiger partial charge in [0.15, 0.2) is 0 Å². The number of carbonyl (C=O) groups excluding carboxylic acids is 3. The maximum absolute atomic E-state index is 13.0. The van der Waals surface area contributed by atoms with Gasteiger partial charge in [0.2, 0.25) is 0 Å². The van der Waals surface area contributed by atoms with Gasteiger partial charge in [-0.15, -0.1) is 0 Å². The summed E-state index contributed by atoms with van der Waals surface area (Å²) in [6.45, 7) is 3.18. The fraction of sp³-hybridized carbons (Fsp3) is 0.348. The van der Waals surface area contributed by atoms with E-state index in [-0.39, 0.29) is 25.0 Å². The molecule has 2 aliphatic heterocycles. The molecule has 2 heterocycles. The van der Waals surface area contributed by atoms with Gasteiger partial charge in [-0.3, -0.25) is 14.5 Å². The summed E-state index contributed by atoms with van der Waals surface area (Å²) in [6, 6.07) is 16.4. The van der Waals surface area contributed by atoms with E-state index in [4.69, 9.17) is 4.74 Å². The lowest BCUT2D eigenvalue weighted by Gasteiger charge is -2.37. The predicted octanol–water partition coefficient (Wildman–Crippen LogP) is 2.60. The number of carbonyl (C=O) groups is 3. The number of benzene rings is 2. The van der Waals surface area contributed by atoms with Crippen molar-refractivity contribution in [3.05, 3.63) is 65.7 Å². The maximum atomic E-state index is 13.0. The molecular weight excluding hydrogens is 382 g/mol. The summed E-state index contributed by atoms with van der Waals surface area (Å²) < 4.78 is 5.62. The smallest absolute Gasteiger partial charge is 0.325 e. The Bertz CT molecular complexity index is 952. The van der Waals surface area contributed by atoms with Crippen molar-refractivity contribution in [2.75, 3.05) is 26.2 Å². The molecular formula is C23H25N3O4. The molecule has 7 nitrogen and oxygen atoms in total. The second-order valence-electron chi connectivity index (χ2n) is 7.74. The number of rotatable bonds is 5. The van der Waals surface area contributed by atoms with Crippen LogP contribution in [0.5, 0.6) is 5.75 Å².